The van der Waals surface area contributed by atoms with Crippen molar-refractivity contribution in [2.75, 3.05) is 6.26 Å². The summed E-state index contributed by atoms with van der Waals surface area (Å²) in [5.74, 6) is 1.14. The van der Waals surface area contributed by atoms with Crippen LogP contribution in [-0.4, -0.2) is 26.6 Å². The molecule has 0 saturated heterocycles. The Kier molecular flexibility index (Phi) is 4.75. The second kappa shape index (κ2) is 5.75. The van der Waals surface area contributed by atoms with Gasteiger partial charge in [-0.25, -0.2) is 13.1 Å². The van der Waals surface area contributed by atoms with E-state index >= 15 is 0 Å². The molecule has 0 aromatic carbocycles. The number of amides is 1. The van der Waals surface area contributed by atoms with Gasteiger partial charge in [-0.3, -0.25) is 4.79 Å². The number of carbonyl (C=O) groups excluding carboxylic acids is 1. The first-order chi connectivity index (χ1) is 8.60. The van der Waals surface area contributed by atoms with E-state index in [0.717, 1.165) is 23.3 Å². The third-order valence-electron chi connectivity index (χ3n) is 2.69. The van der Waals surface area contributed by atoms with Gasteiger partial charge in [-0.1, -0.05) is 0 Å². The molecular weight excluding hydrogens is 268 g/mol. The molecule has 0 bridgehead atoms. The van der Waals surface area contributed by atoms with Crippen molar-refractivity contribution in [1.82, 2.24) is 10.0 Å². The Bertz CT molecular complexity index is 562. The van der Waals surface area contributed by atoms with Crippen molar-refractivity contribution in [2.45, 2.75) is 39.8 Å². The Labute approximate surface area is 113 Å². The molecule has 2 N–H and O–H groups in total. The molecule has 1 rings (SSSR count). The number of rotatable bonds is 5. The Morgan fingerprint density at radius 1 is 1.32 bits per heavy atom. The Hall–Kier alpha value is -1.34. The van der Waals surface area contributed by atoms with Gasteiger partial charge in [-0.2, -0.15) is 0 Å². The summed E-state index contributed by atoms with van der Waals surface area (Å²) in [5.41, 5.74) is 0.886. The molecule has 7 heteroatoms. The molecule has 108 valence electrons. The molecule has 6 nitrogen and oxygen atoms in total. The van der Waals surface area contributed by atoms with E-state index in [0.29, 0.717) is 0 Å². The molecule has 19 heavy (non-hydrogen) atoms. The highest BCUT2D eigenvalue weighted by atomic mass is 32.2. The third kappa shape index (κ3) is 4.68. The highest BCUT2D eigenvalue weighted by Crippen LogP contribution is 2.21. The number of hydrogen-bond donors (Lipinski definition) is 2. The lowest BCUT2D eigenvalue weighted by Crippen LogP contribution is -2.45. The van der Waals surface area contributed by atoms with Gasteiger partial charge in [0.25, 0.3) is 0 Å². The topological polar surface area (TPSA) is 88.4 Å². The number of sulfonamides is 1. The van der Waals surface area contributed by atoms with Crippen LogP contribution in [0.15, 0.2) is 10.5 Å². The largest absolute Gasteiger partial charge is 0.466 e. The lowest BCUT2D eigenvalue weighted by atomic mass is 10.1. The molecular formula is C12H20N2O4S. The van der Waals surface area contributed by atoms with E-state index in [2.05, 4.69) is 10.0 Å². The third-order valence-corrected chi connectivity index (χ3v) is 3.47. The second-order valence-corrected chi connectivity index (χ2v) is 6.49. The number of furan rings is 1. The van der Waals surface area contributed by atoms with Gasteiger partial charge in [0.15, 0.2) is 0 Å². The number of carbonyl (C=O) groups is 1. The monoisotopic (exact) mass is 288 g/mol. The van der Waals surface area contributed by atoms with Crippen LogP contribution < -0.4 is 10.0 Å². The van der Waals surface area contributed by atoms with Crippen LogP contribution in [0.2, 0.25) is 0 Å². The molecule has 0 saturated carbocycles. The van der Waals surface area contributed by atoms with Gasteiger partial charge in [-0.05, 0) is 33.8 Å². The first-order valence-corrected chi connectivity index (χ1v) is 7.84. The molecule has 1 aromatic rings. The predicted octanol–water partition coefficient (Wildman–Crippen LogP) is 1.01. The van der Waals surface area contributed by atoms with Gasteiger partial charge in [-0.15, -0.1) is 0 Å². The van der Waals surface area contributed by atoms with Crippen molar-refractivity contribution in [2.24, 2.45) is 0 Å². The SMILES string of the molecule is Cc1cc([C@H](C)NC(=O)[C@H](C)NS(C)(=O)=O)c(C)o1. The van der Waals surface area contributed by atoms with Crippen molar-refractivity contribution in [3.05, 3.63) is 23.2 Å². The first kappa shape index (κ1) is 15.7. The summed E-state index contributed by atoms with van der Waals surface area (Å²) >= 11 is 0. The van der Waals surface area contributed by atoms with Crippen LogP contribution in [0.3, 0.4) is 0 Å². The maximum absolute atomic E-state index is 11.9. The minimum absolute atomic E-state index is 0.242. The van der Waals surface area contributed by atoms with E-state index in [-0.39, 0.29) is 11.9 Å². The van der Waals surface area contributed by atoms with Crippen LogP contribution in [0, 0.1) is 13.8 Å². The summed E-state index contributed by atoms with van der Waals surface area (Å²) in [6, 6.07) is 0.800. The quantitative estimate of drug-likeness (QED) is 0.846. The van der Waals surface area contributed by atoms with Gasteiger partial charge < -0.3 is 9.73 Å². The van der Waals surface area contributed by atoms with Crippen molar-refractivity contribution in [3.63, 3.8) is 0 Å². The molecule has 0 radical (unpaired) electrons. The van der Waals surface area contributed by atoms with E-state index in [9.17, 15) is 13.2 Å². The highest BCUT2D eigenvalue weighted by molar-refractivity contribution is 7.88. The predicted molar refractivity (Wildman–Crippen MR) is 72.2 cm³/mol. The highest BCUT2D eigenvalue weighted by Gasteiger charge is 2.20. The normalized spacial score (nSPS) is 15.0. The van der Waals surface area contributed by atoms with Crippen LogP contribution in [0.1, 0.15) is 37.0 Å². The van der Waals surface area contributed by atoms with Crippen LogP contribution >= 0.6 is 0 Å². The maximum Gasteiger partial charge on any atom is 0.238 e. The van der Waals surface area contributed by atoms with Crippen molar-refractivity contribution >= 4 is 15.9 Å². The van der Waals surface area contributed by atoms with Crippen molar-refractivity contribution in [3.8, 4) is 0 Å². The minimum atomic E-state index is -3.40. The molecule has 1 amide bonds. The number of aryl methyl sites for hydroxylation is 2. The summed E-state index contributed by atoms with van der Waals surface area (Å²) in [6.45, 7) is 6.97. The molecule has 0 fully saturated rings. The average Bonchev–Trinajstić information content (AvgIpc) is 2.55. The molecule has 0 spiro atoms. The maximum atomic E-state index is 11.9. The molecule has 0 aliphatic carbocycles. The molecule has 0 unspecified atom stereocenters. The van der Waals surface area contributed by atoms with E-state index in [1.54, 1.807) is 0 Å². The van der Waals surface area contributed by atoms with Crippen LogP contribution in [-0.2, 0) is 14.8 Å². The Morgan fingerprint density at radius 3 is 2.32 bits per heavy atom. The zero-order chi connectivity index (χ0) is 14.8. The summed E-state index contributed by atoms with van der Waals surface area (Å²) in [4.78, 5) is 11.9. The fraction of sp³-hybridized carbons (Fsp3) is 0.583. The molecule has 1 heterocycles. The molecule has 0 aliphatic heterocycles. The fourth-order valence-corrected chi connectivity index (χ4v) is 2.62. The van der Waals surface area contributed by atoms with Crippen molar-refractivity contribution < 1.29 is 17.6 Å². The van der Waals surface area contributed by atoms with Gasteiger partial charge in [0.1, 0.15) is 11.5 Å². The van der Waals surface area contributed by atoms with E-state index in [1.165, 1.54) is 6.92 Å². The van der Waals surface area contributed by atoms with Gasteiger partial charge in [0.05, 0.1) is 18.3 Å². The lowest BCUT2D eigenvalue weighted by Gasteiger charge is -2.17. The summed E-state index contributed by atoms with van der Waals surface area (Å²) in [5, 5.41) is 2.75. The second-order valence-electron chi connectivity index (χ2n) is 4.71. The van der Waals surface area contributed by atoms with Crippen LogP contribution in [0.4, 0.5) is 0 Å². The Morgan fingerprint density at radius 2 is 1.89 bits per heavy atom. The van der Waals surface area contributed by atoms with Gasteiger partial charge >= 0.3 is 0 Å². The van der Waals surface area contributed by atoms with Gasteiger partial charge in [0, 0.05) is 5.56 Å². The lowest BCUT2D eigenvalue weighted by molar-refractivity contribution is -0.123. The first-order valence-electron chi connectivity index (χ1n) is 5.94. The zero-order valence-electron chi connectivity index (χ0n) is 11.8. The number of hydrogen-bond acceptors (Lipinski definition) is 4. The van der Waals surface area contributed by atoms with Crippen LogP contribution in [0.25, 0.3) is 0 Å². The Balaban J connectivity index is 2.69. The average molecular weight is 288 g/mol. The molecule has 1 aromatic heterocycles. The van der Waals surface area contributed by atoms with Gasteiger partial charge in [0.2, 0.25) is 15.9 Å². The van der Waals surface area contributed by atoms with Crippen LogP contribution in [0.5, 0.6) is 0 Å². The molecule has 2 atom stereocenters. The van der Waals surface area contributed by atoms with E-state index in [4.69, 9.17) is 4.42 Å². The molecule has 0 aliphatic rings. The minimum Gasteiger partial charge on any atom is -0.466 e. The smallest absolute Gasteiger partial charge is 0.238 e. The van der Waals surface area contributed by atoms with E-state index in [1.807, 2.05) is 26.8 Å². The van der Waals surface area contributed by atoms with E-state index < -0.39 is 16.1 Å². The summed E-state index contributed by atoms with van der Waals surface area (Å²) in [7, 11) is -3.40. The summed E-state index contributed by atoms with van der Waals surface area (Å²) < 4.78 is 29.7. The van der Waals surface area contributed by atoms with Crippen molar-refractivity contribution in [1.29, 1.82) is 0 Å². The fourth-order valence-electron chi connectivity index (χ4n) is 1.87. The zero-order valence-corrected chi connectivity index (χ0v) is 12.6. The summed E-state index contributed by atoms with van der Waals surface area (Å²) in [6.07, 6.45) is 1.02. The number of nitrogens with one attached hydrogen (secondary N) is 2. The standard InChI is InChI=1S/C12H20N2O4S/c1-7-6-11(10(4)18-7)8(2)13-12(15)9(3)14-19(5,16)17/h6,8-9,14H,1-5H3,(H,13,15)/t8-,9-/m0/s1.